The SMILES string of the molecule is CC(C)CNC1CN(c2cnc(-c3ccc(C(F)(F)F)cc3)c(-c3ccncc3F)n2)C1. The summed E-state index contributed by atoms with van der Waals surface area (Å²) in [5.74, 6) is 0.565. The molecule has 0 aliphatic carbocycles. The molecule has 1 aromatic carbocycles. The summed E-state index contributed by atoms with van der Waals surface area (Å²) < 4.78 is 53.4. The topological polar surface area (TPSA) is 53.9 Å². The van der Waals surface area contributed by atoms with Gasteiger partial charge in [-0.25, -0.2) is 9.37 Å². The van der Waals surface area contributed by atoms with Crippen molar-refractivity contribution in [3.63, 3.8) is 0 Å². The van der Waals surface area contributed by atoms with Crippen LogP contribution in [-0.2, 0) is 6.18 Å². The average Bonchev–Trinajstić information content (AvgIpc) is 2.72. The second kappa shape index (κ2) is 8.82. The van der Waals surface area contributed by atoms with E-state index in [-0.39, 0.29) is 11.3 Å². The third-order valence-corrected chi connectivity index (χ3v) is 5.29. The summed E-state index contributed by atoms with van der Waals surface area (Å²) in [4.78, 5) is 14.9. The van der Waals surface area contributed by atoms with Gasteiger partial charge < -0.3 is 10.2 Å². The number of hydrogen-bond donors (Lipinski definition) is 1. The van der Waals surface area contributed by atoms with Crippen LogP contribution in [0.25, 0.3) is 22.5 Å². The van der Waals surface area contributed by atoms with Crippen molar-refractivity contribution in [3.05, 3.63) is 60.3 Å². The average molecular weight is 445 g/mol. The summed E-state index contributed by atoms with van der Waals surface area (Å²) in [6.45, 7) is 6.71. The first-order valence-corrected chi connectivity index (χ1v) is 10.3. The van der Waals surface area contributed by atoms with E-state index in [0.717, 1.165) is 38.0 Å². The number of pyridine rings is 1. The lowest BCUT2D eigenvalue weighted by molar-refractivity contribution is -0.137. The Labute approximate surface area is 183 Å². The van der Waals surface area contributed by atoms with Crippen LogP contribution in [-0.4, -0.2) is 40.6 Å². The van der Waals surface area contributed by atoms with E-state index in [1.54, 1.807) is 6.20 Å². The van der Waals surface area contributed by atoms with Gasteiger partial charge in [0.25, 0.3) is 0 Å². The molecular formula is C23H23F4N5. The van der Waals surface area contributed by atoms with Crippen LogP contribution in [0.2, 0.25) is 0 Å². The fraction of sp³-hybridized carbons (Fsp3) is 0.348. The van der Waals surface area contributed by atoms with E-state index in [2.05, 4.69) is 34.1 Å². The van der Waals surface area contributed by atoms with Gasteiger partial charge in [-0.3, -0.25) is 9.97 Å². The molecular weight excluding hydrogens is 422 g/mol. The van der Waals surface area contributed by atoms with Gasteiger partial charge in [-0.05, 0) is 30.7 Å². The number of rotatable bonds is 6. The number of nitrogens with one attached hydrogen (secondary N) is 1. The van der Waals surface area contributed by atoms with Gasteiger partial charge >= 0.3 is 6.18 Å². The van der Waals surface area contributed by atoms with Crippen molar-refractivity contribution in [2.75, 3.05) is 24.5 Å². The Balaban J connectivity index is 1.66. The Kier molecular flexibility index (Phi) is 6.10. The van der Waals surface area contributed by atoms with Crippen LogP contribution in [0.15, 0.2) is 48.9 Å². The number of hydrogen-bond acceptors (Lipinski definition) is 5. The van der Waals surface area contributed by atoms with Crippen molar-refractivity contribution in [1.82, 2.24) is 20.3 Å². The second-order valence-corrected chi connectivity index (χ2v) is 8.26. The molecule has 0 amide bonds. The first-order valence-electron chi connectivity index (χ1n) is 10.3. The van der Waals surface area contributed by atoms with E-state index in [0.29, 0.717) is 29.0 Å². The first kappa shape index (κ1) is 22.1. The van der Waals surface area contributed by atoms with Gasteiger partial charge in [-0.15, -0.1) is 0 Å². The summed E-state index contributed by atoms with van der Waals surface area (Å²) >= 11 is 0. The number of alkyl halides is 3. The molecule has 0 unspecified atom stereocenters. The number of aromatic nitrogens is 3. The summed E-state index contributed by atoms with van der Waals surface area (Å²) in [5, 5.41) is 3.48. The normalized spacial score (nSPS) is 14.7. The fourth-order valence-electron chi connectivity index (χ4n) is 3.51. The van der Waals surface area contributed by atoms with Crippen molar-refractivity contribution in [3.8, 4) is 22.5 Å². The molecule has 5 nitrogen and oxygen atoms in total. The van der Waals surface area contributed by atoms with Gasteiger partial charge in [0.2, 0.25) is 0 Å². The molecule has 9 heteroatoms. The standard InChI is InChI=1S/C23H23F4N5/c1-14(2)9-29-17-12-32(13-17)20-11-30-21(15-3-5-16(6-4-15)23(25,26)27)22(31-20)18-7-8-28-10-19(18)24/h3-8,10-11,14,17,29H,9,12-13H2,1-2H3. The molecule has 1 fully saturated rings. The van der Waals surface area contributed by atoms with Gasteiger partial charge in [0, 0.05) is 36.5 Å². The maximum atomic E-state index is 14.6. The molecule has 0 saturated carbocycles. The molecule has 1 saturated heterocycles. The summed E-state index contributed by atoms with van der Waals surface area (Å²) in [7, 11) is 0. The number of benzene rings is 1. The van der Waals surface area contributed by atoms with Crippen molar-refractivity contribution < 1.29 is 17.6 Å². The van der Waals surface area contributed by atoms with Gasteiger partial charge in [-0.1, -0.05) is 26.0 Å². The lowest BCUT2D eigenvalue weighted by Gasteiger charge is -2.41. The second-order valence-electron chi connectivity index (χ2n) is 8.26. The molecule has 0 radical (unpaired) electrons. The zero-order valence-corrected chi connectivity index (χ0v) is 17.7. The zero-order chi connectivity index (χ0) is 22.9. The Morgan fingerprint density at radius 2 is 1.78 bits per heavy atom. The molecule has 3 aromatic rings. The third-order valence-electron chi connectivity index (χ3n) is 5.29. The van der Waals surface area contributed by atoms with Crippen molar-refractivity contribution in [1.29, 1.82) is 0 Å². The molecule has 0 atom stereocenters. The molecule has 3 heterocycles. The highest BCUT2D eigenvalue weighted by molar-refractivity contribution is 5.79. The Morgan fingerprint density at radius 1 is 1.06 bits per heavy atom. The van der Waals surface area contributed by atoms with E-state index in [1.165, 1.54) is 24.4 Å². The summed E-state index contributed by atoms with van der Waals surface area (Å²) in [5.41, 5.74) is 0.425. The van der Waals surface area contributed by atoms with E-state index >= 15 is 0 Å². The first-order chi connectivity index (χ1) is 15.2. The molecule has 0 bridgehead atoms. The predicted molar refractivity (Wildman–Crippen MR) is 115 cm³/mol. The molecule has 1 N–H and O–H groups in total. The Hall–Kier alpha value is -3.07. The minimum atomic E-state index is -4.44. The molecule has 4 rings (SSSR count). The molecule has 0 spiro atoms. The summed E-state index contributed by atoms with van der Waals surface area (Å²) in [6, 6.07) is 6.44. The maximum Gasteiger partial charge on any atom is 0.416 e. The van der Waals surface area contributed by atoms with Gasteiger partial charge in [0.1, 0.15) is 11.5 Å². The van der Waals surface area contributed by atoms with Crippen LogP contribution in [0.4, 0.5) is 23.4 Å². The van der Waals surface area contributed by atoms with E-state index in [1.807, 2.05) is 4.90 Å². The van der Waals surface area contributed by atoms with Crippen molar-refractivity contribution in [2.45, 2.75) is 26.1 Å². The van der Waals surface area contributed by atoms with Crippen molar-refractivity contribution in [2.24, 2.45) is 5.92 Å². The maximum absolute atomic E-state index is 14.6. The van der Waals surface area contributed by atoms with Crippen LogP contribution < -0.4 is 10.2 Å². The lowest BCUT2D eigenvalue weighted by Crippen LogP contribution is -2.59. The highest BCUT2D eigenvalue weighted by Gasteiger charge is 2.31. The van der Waals surface area contributed by atoms with Crippen LogP contribution >= 0.6 is 0 Å². The van der Waals surface area contributed by atoms with Crippen LogP contribution in [0, 0.1) is 11.7 Å². The largest absolute Gasteiger partial charge is 0.416 e. The van der Waals surface area contributed by atoms with Crippen molar-refractivity contribution >= 4 is 5.82 Å². The molecule has 1 aliphatic heterocycles. The molecule has 2 aromatic heterocycles. The smallest absolute Gasteiger partial charge is 0.352 e. The quantitative estimate of drug-likeness (QED) is 0.553. The van der Waals surface area contributed by atoms with Gasteiger partial charge in [0.05, 0.1) is 23.7 Å². The fourth-order valence-corrected chi connectivity index (χ4v) is 3.51. The number of halogens is 4. The van der Waals surface area contributed by atoms with E-state index in [4.69, 9.17) is 0 Å². The molecule has 1 aliphatic rings. The minimum absolute atomic E-state index is 0.194. The minimum Gasteiger partial charge on any atom is -0.352 e. The highest BCUT2D eigenvalue weighted by Crippen LogP contribution is 2.35. The monoisotopic (exact) mass is 445 g/mol. The van der Waals surface area contributed by atoms with Gasteiger partial charge in [-0.2, -0.15) is 13.2 Å². The van der Waals surface area contributed by atoms with Crippen LogP contribution in [0.1, 0.15) is 19.4 Å². The Morgan fingerprint density at radius 3 is 2.41 bits per heavy atom. The number of anilines is 1. The Bertz CT molecular complexity index is 1080. The summed E-state index contributed by atoms with van der Waals surface area (Å²) in [6.07, 6.45) is -0.339. The van der Waals surface area contributed by atoms with Gasteiger partial charge in [0.15, 0.2) is 5.82 Å². The molecule has 32 heavy (non-hydrogen) atoms. The van der Waals surface area contributed by atoms with E-state index in [9.17, 15) is 17.6 Å². The lowest BCUT2D eigenvalue weighted by atomic mass is 10.0. The number of nitrogens with zero attached hydrogens (tertiary/aromatic N) is 4. The predicted octanol–water partition coefficient (Wildman–Crippen LogP) is 4.80. The third kappa shape index (κ3) is 4.72. The highest BCUT2D eigenvalue weighted by atomic mass is 19.4. The zero-order valence-electron chi connectivity index (χ0n) is 17.7. The molecule has 168 valence electrons. The van der Waals surface area contributed by atoms with Crippen LogP contribution in [0.5, 0.6) is 0 Å². The van der Waals surface area contributed by atoms with Crippen LogP contribution in [0.3, 0.4) is 0 Å². The van der Waals surface area contributed by atoms with E-state index < -0.39 is 17.6 Å².